The van der Waals surface area contributed by atoms with E-state index in [9.17, 15) is 13.0 Å². The molecule has 0 atom stereocenters. The first-order chi connectivity index (χ1) is 9.19. The van der Waals surface area contributed by atoms with Crippen LogP contribution in [0.2, 0.25) is 0 Å². The van der Waals surface area contributed by atoms with Gasteiger partial charge in [-0.2, -0.15) is 13.0 Å². The molecule has 1 aromatic carbocycles. The van der Waals surface area contributed by atoms with Gasteiger partial charge in [-0.3, -0.25) is 4.55 Å². The molecule has 0 fully saturated rings. The molecular formula is C14H21BrN2O3S. The Labute approximate surface area is 136 Å². The predicted octanol–water partition coefficient (Wildman–Crippen LogP) is -1.32. The summed E-state index contributed by atoms with van der Waals surface area (Å²) >= 11 is 0. The molecule has 2 rings (SSSR count). The van der Waals surface area contributed by atoms with Crippen LogP contribution < -0.4 is 22.7 Å². The van der Waals surface area contributed by atoms with Crippen molar-refractivity contribution in [2.45, 2.75) is 37.5 Å². The number of halogens is 1. The van der Waals surface area contributed by atoms with Crippen LogP contribution in [-0.2, 0) is 15.5 Å². The van der Waals surface area contributed by atoms with Gasteiger partial charge in [0.15, 0.2) is 5.71 Å². The summed E-state index contributed by atoms with van der Waals surface area (Å²) in [5, 5.41) is 0. The smallest absolute Gasteiger partial charge is 0.294 e. The van der Waals surface area contributed by atoms with Crippen LogP contribution in [0.25, 0.3) is 0 Å². The highest BCUT2D eigenvalue weighted by atomic mass is 79.9. The number of nitrogens with two attached hydrogens (primary N) is 1. The lowest BCUT2D eigenvalue weighted by atomic mass is 9.82. The Bertz CT molecular complexity index is 681. The fourth-order valence-corrected chi connectivity index (χ4v) is 3.17. The highest BCUT2D eigenvalue weighted by Crippen LogP contribution is 2.40. The number of nitrogens with zero attached hydrogens (tertiary/aromatic N) is 1. The Morgan fingerprint density at radius 3 is 2.48 bits per heavy atom. The van der Waals surface area contributed by atoms with E-state index in [1.807, 2.05) is 6.92 Å². The third-order valence-corrected chi connectivity index (χ3v) is 4.97. The van der Waals surface area contributed by atoms with Crippen LogP contribution in [0.3, 0.4) is 0 Å². The Balaban J connectivity index is 0.00000220. The first kappa shape index (κ1) is 18.3. The van der Waals surface area contributed by atoms with Gasteiger partial charge in [-0.05, 0) is 32.5 Å². The van der Waals surface area contributed by atoms with E-state index < -0.39 is 10.1 Å². The predicted molar refractivity (Wildman–Crippen MR) is 78.4 cm³/mol. The SMILES string of the molecule is CC1=[N+](CCCN)c2ccc(S(=O)(=O)O)cc2C1(C)C.[Br-]. The lowest BCUT2D eigenvalue weighted by Crippen LogP contribution is -3.00. The molecule has 0 saturated heterocycles. The first-order valence-corrected chi connectivity index (χ1v) is 8.07. The van der Waals surface area contributed by atoms with Crippen molar-refractivity contribution in [3.8, 4) is 0 Å². The lowest BCUT2D eigenvalue weighted by molar-refractivity contribution is -0.439. The molecule has 1 aliphatic rings. The molecule has 5 nitrogen and oxygen atoms in total. The summed E-state index contributed by atoms with van der Waals surface area (Å²) in [7, 11) is -4.17. The van der Waals surface area contributed by atoms with Crippen molar-refractivity contribution in [2.24, 2.45) is 5.73 Å². The van der Waals surface area contributed by atoms with Gasteiger partial charge in [0.2, 0.25) is 5.69 Å². The van der Waals surface area contributed by atoms with E-state index in [0.717, 1.165) is 29.9 Å². The molecule has 1 aromatic rings. The van der Waals surface area contributed by atoms with Gasteiger partial charge in [-0.15, -0.1) is 0 Å². The summed E-state index contributed by atoms with van der Waals surface area (Å²) in [4.78, 5) is -0.0576. The zero-order valence-corrected chi connectivity index (χ0v) is 14.8. The normalized spacial score (nSPS) is 16.6. The molecule has 0 saturated carbocycles. The summed E-state index contributed by atoms with van der Waals surface area (Å²) in [6.45, 7) is 7.57. The summed E-state index contributed by atoms with van der Waals surface area (Å²) in [5.74, 6) is 0. The van der Waals surface area contributed by atoms with Crippen molar-refractivity contribution in [2.75, 3.05) is 13.1 Å². The van der Waals surface area contributed by atoms with Crippen LogP contribution in [0.15, 0.2) is 23.1 Å². The van der Waals surface area contributed by atoms with Crippen molar-refractivity contribution < 1.29 is 34.5 Å². The van der Waals surface area contributed by atoms with E-state index in [4.69, 9.17) is 5.73 Å². The molecule has 1 heterocycles. The monoisotopic (exact) mass is 376 g/mol. The molecule has 1 aliphatic heterocycles. The average molecular weight is 377 g/mol. The van der Waals surface area contributed by atoms with Crippen molar-refractivity contribution >= 4 is 21.5 Å². The van der Waals surface area contributed by atoms with Crippen LogP contribution in [0.1, 0.15) is 32.8 Å². The minimum absolute atomic E-state index is 0. The van der Waals surface area contributed by atoms with Crippen LogP contribution in [0.5, 0.6) is 0 Å². The average Bonchev–Trinajstić information content (AvgIpc) is 2.55. The number of hydrogen-bond acceptors (Lipinski definition) is 3. The van der Waals surface area contributed by atoms with Crippen molar-refractivity contribution in [3.63, 3.8) is 0 Å². The minimum Gasteiger partial charge on any atom is -1.00 e. The summed E-state index contributed by atoms with van der Waals surface area (Å²) < 4.78 is 34.0. The fraction of sp³-hybridized carbons (Fsp3) is 0.500. The largest absolute Gasteiger partial charge is 1.00 e. The topological polar surface area (TPSA) is 83.4 Å². The van der Waals surface area contributed by atoms with Gasteiger partial charge in [-0.25, -0.2) is 0 Å². The van der Waals surface area contributed by atoms with Gasteiger partial charge in [0.1, 0.15) is 6.54 Å². The Hall–Kier alpha value is -0.760. The maximum Gasteiger partial charge on any atom is 0.294 e. The third kappa shape index (κ3) is 3.21. The zero-order valence-electron chi connectivity index (χ0n) is 12.4. The Morgan fingerprint density at radius 2 is 1.95 bits per heavy atom. The number of fused-ring (bicyclic) bond motifs is 1. The lowest BCUT2D eigenvalue weighted by Gasteiger charge is -2.15. The molecule has 0 spiro atoms. The number of hydrogen-bond donors (Lipinski definition) is 2. The van der Waals surface area contributed by atoms with Gasteiger partial charge in [0.05, 0.1) is 10.3 Å². The van der Waals surface area contributed by atoms with Crippen molar-refractivity contribution in [1.29, 1.82) is 0 Å². The molecular weight excluding hydrogens is 356 g/mol. The van der Waals surface area contributed by atoms with Crippen LogP contribution >= 0.6 is 0 Å². The number of benzene rings is 1. The first-order valence-electron chi connectivity index (χ1n) is 6.63. The molecule has 118 valence electrons. The molecule has 0 aliphatic carbocycles. The van der Waals surface area contributed by atoms with E-state index in [1.54, 1.807) is 12.1 Å². The van der Waals surface area contributed by atoms with Crippen molar-refractivity contribution in [3.05, 3.63) is 23.8 Å². The highest BCUT2D eigenvalue weighted by molar-refractivity contribution is 7.85. The standard InChI is InChI=1S/C14H20N2O3S.BrH/c1-10-14(2,3)12-9-11(20(17,18)19)5-6-13(12)16(10)8-4-7-15;/h5-6,9H,4,7-8,15H2,1-3H3;1H. The minimum atomic E-state index is -4.17. The van der Waals surface area contributed by atoms with E-state index in [1.165, 1.54) is 6.07 Å². The molecule has 0 bridgehead atoms. The van der Waals surface area contributed by atoms with Gasteiger partial charge in [-0.1, -0.05) is 0 Å². The molecule has 3 N–H and O–H groups in total. The van der Waals surface area contributed by atoms with Gasteiger partial charge in [0.25, 0.3) is 10.1 Å². The second-order valence-corrected chi connectivity index (χ2v) is 7.08. The second kappa shape index (κ2) is 6.16. The summed E-state index contributed by atoms with van der Waals surface area (Å²) in [6, 6.07) is 4.77. The molecule has 21 heavy (non-hydrogen) atoms. The van der Waals surface area contributed by atoms with Gasteiger partial charge >= 0.3 is 0 Å². The van der Waals surface area contributed by atoms with Crippen LogP contribution in [-0.4, -0.2) is 36.3 Å². The van der Waals surface area contributed by atoms with Crippen molar-refractivity contribution in [1.82, 2.24) is 0 Å². The Morgan fingerprint density at radius 1 is 1.33 bits per heavy atom. The second-order valence-electron chi connectivity index (χ2n) is 5.66. The quantitative estimate of drug-likeness (QED) is 0.504. The third-order valence-electron chi connectivity index (χ3n) is 4.13. The van der Waals surface area contributed by atoms with Gasteiger partial charge in [0, 0.05) is 25.0 Å². The highest BCUT2D eigenvalue weighted by Gasteiger charge is 2.43. The molecule has 0 radical (unpaired) electrons. The Kier molecular flexibility index (Phi) is 5.36. The van der Waals surface area contributed by atoms with E-state index in [-0.39, 0.29) is 27.3 Å². The summed E-state index contributed by atoms with van der Waals surface area (Å²) in [6.07, 6.45) is 0.868. The maximum atomic E-state index is 11.3. The van der Waals surface area contributed by atoms with E-state index in [2.05, 4.69) is 18.4 Å². The fourth-order valence-electron chi connectivity index (χ4n) is 2.66. The summed E-state index contributed by atoms with van der Waals surface area (Å²) in [5.41, 5.74) is 8.39. The molecule has 7 heteroatoms. The van der Waals surface area contributed by atoms with E-state index >= 15 is 0 Å². The van der Waals surface area contributed by atoms with Gasteiger partial charge < -0.3 is 22.7 Å². The zero-order chi connectivity index (χ0) is 15.1. The number of rotatable bonds is 4. The molecule has 0 unspecified atom stereocenters. The maximum absolute atomic E-state index is 11.3. The molecule has 0 amide bonds. The van der Waals surface area contributed by atoms with Crippen LogP contribution in [0.4, 0.5) is 5.69 Å². The van der Waals surface area contributed by atoms with Crippen LogP contribution in [0, 0.1) is 0 Å². The van der Waals surface area contributed by atoms with E-state index in [0.29, 0.717) is 6.54 Å². The molecule has 0 aromatic heterocycles.